The summed E-state index contributed by atoms with van der Waals surface area (Å²) in [6, 6.07) is 15.3. The van der Waals surface area contributed by atoms with Crippen LogP contribution in [0.1, 0.15) is 43.4 Å². The number of amides is 1. The number of esters is 1. The third-order valence-electron chi connectivity index (χ3n) is 5.81. The molecule has 1 amide bonds. The number of nitrogens with zero attached hydrogens (tertiary/aromatic N) is 1. The number of likely N-dealkylation sites (tertiary alicyclic amines) is 1. The third-order valence-corrected chi connectivity index (χ3v) is 5.81. The summed E-state index contributed by atoms with van der Waals surface area (Å²) >= 11 is 0. The molecular formula is C24H27NO5. The summed E-state index contributed by atoms with van der Waals surface area (Å²) in [5.74, 6) is 1.63. The molecule has 0 aromatic heterocycles. The summed E-state index contributed by atoms with van der Waals surface area (Å²) < 4.78 is 16.2. The summed E-state index contributed by atoms with van der Waals surface area (Å²) in [5, 5.41) is 0. The summed E-state index contributed by atoms with van der Waals surface area (Å²) in [7, 11) is 0. The van der Waals surface area contributed by atoms with Gasteiger partial charge in [0.15, 0.2) is 11.5 Å². The van der Waals surface area contributed by atoms with Crippen molar-refractivity contribution in [2.75, 3.05) is 19.9 Å². The minimum atomic E-state index is -0.867. The number of hydrogen-bond acceptors (Lipinski definition) is 5. The Morgan fingerprint density at radius 1 is 1.07 bits per heavy atom. The zero-order chi connectivity index (χ0) is 20.9. The van der Waals surface area contributed by atoms with Gasteiger partial charge in [-0.2, -0.15) is 0 Å². The van der Waals surface area contributed by atoms with Crippen LogP contribution in [0.3, 0.4) is 0 Å². The molecule has 0 spiro atoms. The molecule has 1 saturated heterocycles. The van der Waals surface area contributed by atoms with Crippen LogP contribution in [0.5, 0.6) is 11.5 Å². The van der Waals surface area contributed by atoms with Crippen LogP contribution >= 0.6 is 0 Å². The topological polar surface area (TPSA) is 65.1 Å². The SMILES string of the molecule is CC(=O)O[C@@H](C(=O)N1CCC(CCc2ccc3c(c2)OCO3)CC1)c1ccccc1. The van der Waals surface area contributed by atoms with Gasteiger partial charge in [-0.05, 0) is 49.3 Å². The highest BCUT2D eigenvalue weighted by Crippen LogP contribution is 2.33. The van der Waals surface area contributed by atoms with E-state index in [9.17, 15) is 9.59 Å². The molecular weight excluding hydrogens is 382 g/mol. The normalized spacial score (nSPS) is 16.9. The van der Waals surface area contributed by atoms with Crippen molar-refractivity contribution in [1.82, 2.24) is 4.90 Å². The number of carbonyl (C=O) groups is 2. The quantitative estimate of drug-likeness (QED) is 0.677. The summed E-state index contributed by atoms with van der Waals surface area (Å²) in [4.78, 5) is 26.4. The molecule has 0 unspecified atom stereocenters. The fourth-order valence-corrected chi connectivity index (χ4v) is 4.13. The van der Waals surface area contributed by atoms with Crippen LogP contribution in [0, 0.1) is 5.92 Å². The maximum Gasteiger partial charge on any atom is 0.303 e. The molecule has 2 aliphatic heterocycles. The predicted molar refractivity (Wildman–Crippen MR) is 111 cm³/mol. The van der Waals surface area contributed by atoms with E-state index in [2.05, 4.69) is 12.1 Å². The number of fused-ring (bicyclic) bond motifs is 1. The van der Waals surface area contributed by atoms with Crippen LogP contribution in [0.4, 0.5) is 0 Å². The lowest BCUT2D eigenvalue weighted by atomic mass is 9.90. The molecule has 0 saturated carbocycles. The molecule has 2 heterocycles. The minimum Gasteiger partial charge on any atom is -0.454 e. The van der Waals surface area contributed by atoms with Gasteiger partial charge in [0, 0.05) is 25.6 Å². The van der Waals surface area contributed by atoms with E-state index in [1.165, 1.54) is 12.5 Å². The van der Waals surface area contributed by atoms with Gasteiger partial charge in [-0.25, -0.2) is 0 Å². The monoisotopic (exact) mass is 409 g/mol. The molecule has 2 aromatic rings. The lowest BCUT2D eigenvalue weighted by molar-refractivity contribution is -0.160. The molecule has 1 fully saturated rings. The molecule has 30 heavy (non-hydrogen) atoms. The molecule has 2 aromatic carbocycles. The van der Waals surface area contributed by atoms with E-state index < -0.39 is 12.1 Å². The van der Waals surface area contributed by atoms with Crippen LogP contribution in [0.15, 0.2) is 48.5 Å². The van der Waals surface area contributed by atoms with Crippen LogP contribution in [0.25, 0.3) is 0 Å². The summed E-state index contributed by atoms with van der Waals surface area (Å²) in [6.07, 6.45) is 3.10. The first kappa shape index (κ1) is 20.3. The molecule has 0 aliphatic carbocycles. The van der Waals surface area contributed by atoms with Crippen molar-refractivity contribution < 1.29 is 23.8 Å². The van der Waals surface area contributed by atoms with E-state index in [0.29, 0.717) is 31.4 Å². The molecule has 2 aliphatic rings. The van der Waals surface area contributed by atoms with Gasteiger partial charge in [0.25, 0.3) is 5.91 Å². The standard InChI is InChI=1S/C24H27NO5/c1-17(26)30-23(20-5-3-2-4-6-20)24(27)25-13-11-18(12-14-25)7-8-19-9-10-21-22(15-19)29-16-28-21/h2-6,9-10,15,18,23H,7-8,11-14,16H2,1H3/t23-/m1/s1. The molecule has 158 valence electrons. The highest BCUT2D eigenvalue weighted by atomic mass is 16.7. The molecule has 0 N–H and O–H groups in total. The van der Waals surface area contributed by atoms with Crippen LogP contribution in [-0.4, -0.2) is 36.7 Å². The van der Waals surface area contributed by atoms with Crippen molar-refractivity contribution in [2.45, 2.75) is 38.7 Å². The second kappa shape index (κ2) is 9.20. The van der Waals surface area contributed by atoms with Gasteiger partial charge in [-0.3, -0.25) is 9.59 Å². The number of carbonyl (C=O) groups excluding carboxylic acids is 2. The number of piperidine rings is 1. The maximum absolute atomic E-state index is 13.1. The van der Waals surface area contributed by atoms with Gasteiger partial charge < -0.3 is 19.1 Å². The Labute approximate surface area is 176 Å². The highest BCUT2D eigenvalue weighted by molar-refractivity contribution is 5.84. The zero-order valence-electron chi connectivity index (χ0n) is 17.2. The zero-order valence-corrected chi connectivity index (χ0v) is 17.2. The Morgan fingerprint density at radius 3 is 2.53 bits per heavy atom. The molecule has 0 bridgehead atoms. The van der Waals surface area contributed by atoms with Gasteiger partial charge in [0.05, 0.1) is 0 Å². The first-order chi connectivity index (χ1) is 14.6. The fourth-order valence-electron chi connectivity index (χ4n) is 4.13. The minimum absolute atomic E-state index is 0.134. The van der Waals surface area contributed by atoms with Crippen LogP contribution in [-0.2, 0) is 20.7 Å². The first-order valence-corrected chi connectivity index (χ1v) is 10.5. The van der Waals surface area contributed by atoms with Crippen molar-refractivity contribution in [2.24, 2.45) is 5.92 Å². The Balaban J connectivity index is 1.30. The van der Waals surface area contributed by atoms with E-state index >= 15 is 0 Å². The first-order valence-electron chi connectivity index (χ1n) is 10.5. The lowest BCUT2D eigenvalue weighted by Gasteiger charge is -2.34. The van der Waals surface area contributed by atoms with Gasteiger partial charge in [-0.15, -0.1) is 0 Å². The molecule has 4 rings (SSSR count). The van der Waals surface area contributed by atoms with Crippen molar-refractivity contribution in [3.05, 3.63) is 59.7 Å². The van der Waals surface area contributed by atoms with Gasteiger partial charge in [0.2, 0.25) is 12.9 Å². The second-order valence-corrected chi connectivity index (χ2v) is 7.90. The molecule has 6 nitrogen and oxygen atoms in total. The van der Waals surface area contributed by atoms with Crippen LogP contribution < -0.4 is 9.47 Å². The van der Waals surface area contributed by atoms with E-state index in [4.69, 9.17) is 14.2 Å². The average Bonchev–Trinajstić information content (AvgIpc) is 3.24. The summed E-state index contributed by atoms with van der Waals surface area (Å²) in [5.41, 5.74) is 1.96. The van der Waals surface area contributed by atoms with Crippen molar-refractivity contribution in [3.8, 4) is 11.5 Å². The van der Waals surface area contributed by atoms with E-state index in [1.54, 1.807) is 0 Å². The van der Waals surface area contributed by atoms with E-state index in [1.807, 2.05) is 41.3 Å². The van der Waals surface area contributed by atoms with E-state index in [-0.39, 0.29) is 5.91 Å². The van der Waals surface area contributed by atoms with Crippen LogP contribution in [0.2, 0.25) is 0 Å². The fraction of sp³-hybridized carbons (Fsp3) is 0.417. The third kappa shape index (κ3) is 4.75. The largest absolute Gasteiger partial charge is 0.454 e. The Kier molecular flexibility index (Phi) is 6.21. The number of ether oxygens (including phenoxy) is 3. The molecule has 6 heteroatoms. The Bertz CT molecular complexity index is 890. The van der Waals surface area contributed by atoms with Crippen molar-refractivity contribution >= 4 is 11.9 Å². The molecule has 1 atom stereocenters. The number of hydrogen-bond donors (Lipinski definition) is 0. The van der Waals surface area contributed by atoms with Gasteiger partial charge in [-0.1, -0.05) is 36.4 Å². The maximum atomic E-state index is 13.1. The number of rotatable bonds is 6. The summed E-state index contributed by atoms with van der Waals surface area (Å²) in [6.45, 7) is 3.01. The average molecular weight is 409 g/mol. The number of aryl methyl sites for hydroxylation is 1. The second-order valence-electron chi connectivity index (χ2n) is 7.90. The van der Waals surface area contributed by atoms with Gasteiger partial charge in [0.1, 0.15) is 0 Å². The van der Waals surface area contributed by atoms with E-state index in [0.717, 1.165) is 37.2 Å². The van der Waals surface area contributed by atoms with Crippen molar-refractivity contribution in [1.29, 1.82) is 0 Å². The Hall–Kier alpha value is -3.02. The van der Waals surface area contributed by atoms with Crippen molar-refractivity contribution in [3.63, 3.8) is 0 Å². The molecule has 0 radical (unpaired) electrons. The smallest absolute Gasteiger partial charge is 0.303 e. The Morgan fingerprint density at radius 2 is 1.80 bits per heavy atom. The lowest BCUT2D eigenvalue weighted by Crippen LogP contribution is -2.42. The van der Waals surface area contributed by atoms with Gasteiger partial charge >= 0.3 is 5.97 Å². The highest BCUT2D eigenvalue weighted by Gasteiger charge is 2.31. The predicted octanol–water partition coefficient (Wildman–Crippen LogP) is 3.89. The number of benzene rings is 2.